The predicted molar refractivity (Wildman–Crippen MR) is 72.0 cm³/mol. The number of likely N-dealkylation sites (tertiary alicyclic amines) is 1. The summed E-state index contributed by atoms with van der Waals surface area (Å²) in [6.45, 7) is 2.44. The second kappa shape index (κ2) is 5.97. The van der Waals surface area contributed by atoms with Gasteiger partial charge in [-0.05, 0) is 25.9 Å². The van der Waals surface area contributed by atoms with Crippen molar-refractivity contribution in [2.24, 2.45) is 5.92 Å². The molecule has 0 amide bonds. The van der Waals surface area contributed by atoms with Crippen LogP contribution in [0, 0.1) is 5.92 Å². The summed E-state index contributed by atoms with van der Waals surface area (Å²) in [5, 5.41) is 8.95. The SMILES string of the molecule is CN(C)c1ncc(CN2CCC(C(=O)O)CC2)cn1. The van der Waals surface area contributed by atoms with E-state index in [1.807, 2.05) is 31.4 Å². The summed E-state index contributed by atoms with van der Waals surface area (Å²) in [6.07, 6.45) is 5.13. The Morgan fingerprint density at radius 1 is 1.37 bits per heavy atom. The summed E-state index contributed by atoms with van der Waals surface area (Å²) in [6, 6.07) is 0. The number of rotatable bonds is 4. The Labute approximate surface area is 113 Å². The molecule has 6 heteroatoms. The third kappa shape index (κ3) is 3.64. The van der Waals surface area contributed by atoms with Crippen LogP contribution in [0.5, 0.6) is 0 Å². The van der Waals surface area contributed by atoms with Crippen molar-refractivity contribution in [3.8, 4) is 0 Å². The number of hydrogen-bond acceptors (Lipinski definition) is 5. The van der Waals surface area contributed by atoms with Crippen LogP contribution in [-0.2, 0) is 11.3 Å². The predicted octanol–water partition coefficient (Wildman–Crippen LogP) is 0.839. The Bertz CT molecular complexity index is 425. The van der Waals surface area contributed by atoms with Crippen molar-refractivity contribution in [3.63, 3.8) is 0 Å². The van der Waals surface area contributed by atoms with Gasteiger partial charge >= 0.3 is 5.97 Å². The van der Waals surface area contributed by atoms with Crippen LogP contribution >= 0.6 is 0 Å². The van der Waals surface area contributed by atoms with Crippen molar-refractivity contribution in [3.05, 3.63) is 18.0 Å². The molecule has 6 nitrogen and oxygen atoms in total. The summed E-state index contributed by atoms with van der Waals surface area (Å²) in [4.78, 5) is 23.6. The van der Waals surface area contributed by atoms with Gasteiger partial charge < -0.3 is 10.0 Å². The summed E-state index contributed by atoms with van der Waals surface area (Å²) in [7, 11) is 3.82. The molecule has 0 unspecified atom stereocenters. The molecule has 0 spiro atoms. The van der Waals surface area contributed by atoms with Crippen LogP contribution < -0.4 is 4.90 Å². The third-order valence-corrected chi connectivity index (χ3v) is 3.43. The van der Waals surface area contributed by atoms with Gasteiger partial charge in [0, 0.05) is 38.6 Å². The summed E-state index contributed by atoms with van der Waals surface area (Å²) in [5.74, 6) is -0.143. The van der Waals surface area contributed by atoms with Crippen molar-refractivity contribution in [2.45, 2.75) is 19.4 Å². The number of aromatic nitrogens is 2. The van der Waals surface area contributed by atoms with Crippen molar-refractivity contribution < 1.29 is 9.90 Å². The molecular weight excluding hydrogens is 244 g/mol. The molecular formula is C13H20N4O2. The molecule has 1 aromatic rings. The maximum atomic E-state index is 10.9. The van der Waals surface area contributed by atoms with Gasteiger partial charge in [-0.25, -0.2) is 9.97 Å². The average molecular weight is 264 g/mol. The highest BCUT2D eigenvalue weighted by Gasteiger charge is 2.24. The smallest absolute Gasteiger partial charge is 0.306 e. The van der Waals surface area contributed by atoms with E-state index in [9.17, 15) is 4.79 Å². The Kier molecular flexibility index (Phi) is 4.31. The topological polar surface area (TPSA) is 69.6 Å². The lowest BCUT2D eigenvalue weighted by molar-refractivity contribution is -0.143. The summed E-state index contributed by atoms with van der Waals surface area (Å²) in [5.41, 5.74) is 1.07. The molecule has 1 saturated heterocycles. The quantitative estimate of drug-likeness (QED) is 0.869. The third-order valence-electron chi connectivity index (χ3n) is 3.43. The second-order valence-corrected chi connectivity index (χ2v) is 5.17. The minimum absolute atomic E-state index is 0.177. The zero-order valence-corrected chi connectivity index (χ0v) is 11.4. The highest BCUT2D eigenvalue weighted by atomic mass is 16.4. The molecule has 2 heterocycles. The van der Waals surface area contributed by atoms with Crippen LogP contribution in [0.1, 0.15) is 18.4 Å². The van der Waals surface area contributed by atoms with Crippen LogP contribution in [-0.4, -0.2) is 53.1 Å². The van der Waals surface area contributed by atoms with Gasteiger partial charge in [0.25, 0.3) is 0 Å². The van der Waals surface area contributed by atoms with Gasteiger partial charge in [0.15, 0.2) is 0 Å². The zero-order chi connectivity index (χ0) is 13.8. The lowest BCUT2D eigenvalue weighted by Gasteiger charge is -2.29. The lowest BCUT2D eigenvalue weighted by atomic mass is 9.97. The Morgan fingerprint density at radius 3 is 2.42 bits per heavy atom. The van der Waals surface area contributed by atoms with E-state index in [0.29, 0.717) is 5.95 Å². The zero-order valence-electron chi connectivity index (χ0n) is 11.4. The molecule has 1 aromatic heterocycles. The fraction of sp³-hybridized carbons (Fsp3) is 0.615. The monoisotopic (exact) mass is 264 g/mol. The van der Waals surface area contributed by atoms with E-state index in [-0.39, 0.29) is 5.92 Å². The van der Waals surface area contributed by atoms with Crippen LogP contribution in [0.15, 0.2) is 12.4 Å². The molecule has 1 aliphatic rings. The van der Waals surface area contributed by atoms with E-state index in [1.165, 1.54) is 0 Å². The fourth-order valence-electron chi connectivity index (χ4n) is 2.26. The Hall–Kier alpha value is -1.69. The van der Waals surface area contributed by atoms with Gasteiger partial charge in [-0.2, -0.15) is 0 Å². The minimum Gasteiger partial charge on any atom is -0.481 e. The number of carboxylic acid groups (broad SMARTS) is 1. The average Bonchev–Trinajstić information content (AvgIpc) is 2.40. The summed E-state index contributed by atoms with van der Waals surface area (Å²) >= 11 is 0. The number of piperidine rings is 1. The number of nitrogens with zero attached hydrogens (tertiary/aromatic N) is 4. The van der Waals surface area contributed by atoms with Crippen molar-refractivity contribution >= 4 is 11.9 Å². The lowest BCUT2D eigenvalue weighted by Crippen LogP contribution is -2.35. The number of carbonyl (C=O) groups is 1. The largest absolute Gasteiger partial charge is 0.481 e. The van der Waals surface area contributed by atoms with Gasteiger partial charge in [-0.15, -0.1) is 0 Å². The molecule has 0 radical (unpaired) electrons. The standard InChI is InChI=1S/C13H20N4O2/c1-16(2)13-14-7-10(8-15-13)9-17-5-3-11(4-6-17)12(18)19/h7-8,11H,3-6,9H2,1-2H3,(H,18,19). The molecule has 0 saturated carbocycles. The van der Waals surface area contributed by atoms with Crippen molar-refractivity contribution in [2.75, 3.05) is 32.1 Å². The number of aliphatic carboxylic acids is 1. The molecule has 1 fully saturated rings. The molecule has 19 heavy (non-hydrogen) atoms. The minimum atomic E-state index is -0.668. The van der Waals surface area contributed by atoms with Crippen molar-refractivity contribution in [1.82, 2.24) is 14.9 Å². The van der Waals surface area contributed by atoms with Crippen LogP contribution in [0.4, 0.5) is 5.95 Å². The number of anilines is 1. The van der Waals surface area contributed by atoms with Crippen LogP contribution in [0.2, 0.25) is 0 Å². The molecule has 0 atom stereocenters. The maximum Gasteiger partial charge on any atom is 0.306 e. The maximum absolute atomic E-state index is 10.9. The Balaban J connectivity index is 1.87. The van der Waals surface area contributed by atoms with E-state index >= 15 is 0 Å². The van der Waals surface area contributed by atoms with Gasteiger partial charge in [0.1, 0.15) is 0 Å². The first-order valence-electron chi connectivity index (χ1n) is 6.49. The van der Waals surface area contributed by atoms with Gasteiger partial charge in [0.05, 0.1) is 5.92 Å². The van der Waals surface area contributed by atoms with E-state index in [4.69, 9.17) is 5.11 Å². The van der Waals surface area contributed by atoms with Gasteiger partial charge in [0.2, 0.25) is 5.95 Å². The van der Waals surface area contributed by atoms with E-state index < -0.39 is 5.97 Å². The molecule has 1 N–H and O–H groups in total. The fourth-order valence-corrected chi connectivity index (χ4v) is 2.26. The number of carboxylic acids is 1. The van der Waals surface area contributed by atoms with Gasteiger partial charge in [-0.3, -0.25) is 9.69 Å². The molecule has 2 rings (SSSR count). The first-order chi connectivity index (χ1) is 9.06. The van der Waals surface area contributed by atoms with E-state index in [0.717, 1.165) is 38.0 Å². The summed E-state index contributed by atoms with van der Waals surface area (Å²) < 4.78 is 0. The van der Waals surface area contributed by atoms with E-state index in [2.05, 4.69) is 14.9 Å². The van der Waals surface area contributed by atoms with Crippen molar-refractivity contribution in [1.29, 1.82) is 0 Å². The second-order valence-electron chi connectivity index (χ2n) is 5.17. The molecule has 0 bridgehead atoms. The first kappa shape index (κ1) is 13.7. The van der Waals surface area contributed by atoms with Gasteiger partial charge in [-0.1, -0.05) is 0 Å². The normalized spacial score (nSPS) is 17.4. The first-order valence-corrected chi connectivity index (χ1v) is 6.49. The van der Waals surface area contributed by atoms with Crippen LogP contribution in [0.25, 0.3) is 0 Å². The van der Waals surface area contributed by atoms with Crippen LogP contribution in [0.3, 0.4) is 0 Å². The number of hydrogen-bond donors (Lipinski definition) is 1. The highest BCUT2D eigenvalue weighted by molar-refractivity contribution is 5.70. The molecule has 104 valence electrons. The molecule has 0 aromatic carbocycles. The van der Waals surface area contributed by atoms with E-state index in [1.54, 1.807) is 0 Å². The Morgan fingerprint density at radius 2 is 1.95 bits per heavy atom. The highest BCUT2D eigenvalue weighted by Crippen LogP contribution is 2.19. The molecule has 0 aliphatic carbocycles. The molecule has 1 aliphatic heterocycles.